The molecule has 0 spiro atoms. The first-order valence-electron chi connectivity index (χ1n) is 5.27. The molecule has 0 rings (SSSR count). The minimum Gasteiger partial charge on any atom is -0.480 e. The van der Waals surface area contributed by atoms with Crippen LogP contribution in [0.3, 0.4) is 0 Å². The molecule has 1 amide bonds. The van der Waals surface area contributed by atoms with Gasteiger partial charge in [-0.3, -0.25) is 4.79 Å². The highest BCUT2D eigenvalue weighted by atomic mass is 16.5. The van der Waals surface area contributed by atoms with E-state index in [9.17, 15) is 9.59 Å². The molecule has 2 atom stereocenters. The summed E-state index contributed by atoms with van der Waals surface area (Å²) < 4.78 is 4.77. The average Bonchev–Trinajstić information content (AvgIpc) is 2.23. The van der Waals surface area contributed by atoms with Crippen LogP contribution in [0, 0.1) is 0 Å². The number of carboxylic acid groups (broad SMARTS) is 1. The fourth-order valence-corrected chi connectivity index (χ4v) is 1.13. The van der Waals surface area contributed by atoms with Gasteiger partial charge in [-0.15, -0.1) is 0 Å². The normalized spacial score (nSPS) is 14.2. The van der Waals surface area contributed by atoms with Gasteiger partial charge >= 0.3 is 5.97 Å². The molecule has 94 valence electrons. The third-order valence-electron chi connectivity index (χ3n) is 2.22. The highest BCUT2D eigenvalue weighted by molar-refractivity contribution is 5.83. The standard InChI is InChI=1S/C10H20N2O4/c1-3-7(11)6-9(13)12-8(10(14)15)4-5-16-2/h7-8H,3-6,11H2,1-2H3,(H,12,13)(H,14,15). The maximum absolute atomic E-state index is 11.4. The quantitative estimate of drug-likeness (QED) is 0.534. The molecule has 0 radical (unpaired) electrons. The molecule has 2 unspecified atom stereocenters. The molecule has 0 aromatic heterocycles. The topological polar surface area (TPSA) is 102 Å². The Morgan fingerprint density at radius 2 is 2.12 bits per heavy atom. The second-order valence-corrected chi connectivity index (χ2v) is 3.61. The molecule has 0 bridgehead atoms. The van der Waals surface area contributed by atoms with E-state index in [1.54, 1.807) is 0 Å². The van der Waals surface area contributed by atoms with E-state index >= 15 is 0 Å². The van der Waals surface area contributed by atoms with Gasteiger partial charge in [-0.1, -0.05) is 6.92 Å². The van der Waals surface area contributed by atoms with Crippen LogP contribution in [0.5, 0.6) is 0 Å². The molecule has 6 heteroatoms. The van der Waals surface area contributed by atoms with Crippen molar-refractivity contribution in [1.29, 1.82) is 0 Å². The van der Waals surface area contributed by atoms with Crippen LogP contribution >= 0.6 is 0 Å². The molecule has 0 saturated heterocycles. The molecule has 4 N–H and O–H groups in total. The number of carboxylic acids is 1. The van der Waals surface area contributed by atoms with E-state index in [1.807, 2.05) is 6.92 Å². The van der Waals surface area contributed by atoms with E-state index in [2.05, 4.69) is 5.32 Å². The van der Waals surface area contributed by atoms with E-state index in [0.717, 1.165) is 0 Å². The fraction of sp³-hybridized carbons (Fsp3) is 0.800. The van der Waals surface area contributed by atoms with Crippen LogP contribution in [-0.2, 0) is 14.3 Å². The Morgan fingerprint density at radius 3 is 2.56 bits per heavy atom. The number of rotatable bonds is 8. The molecule has 0 aliphatic carbocycles. The summed E-state index contributed by atoms with van der Waals surface area (Å²) in [5, 5.41) is 11.3. The number of methoxy groups -OCH3 is 1. The van der Waals surface area contributed by atoms with Gasteiger partial charge in [0.1, 0.15) is 6.04 Å². The van der Waals surface area contributed by atoms with Crippen molar-refractivity contribution < 1.29 is 19.4 Å². The van der Waals surface area contributed by atoms with Crippen molar-refractivity contribution in [2.75, 3.05) is 13.7 Å². The number of ether oxygens (including phenoxy) is 1. The average molecular weight is 232 g/mol. The summed E-state index contributed by atoms with van der Waals surface area (Å²) in [7, 11) is 1.48. The number of hydrogen-bond donors (Lipinski definition) is 3. The Labute approximate surface area is 95.1 Å². The Hall–Kier alpha value is -1.14. The molecule has 16 heavy (non-hydrogen) atoms. The Morgan fingerprint density at radius 1 is 1.50 bits per heavy atom. The van der Waals surface area contributed by atoms with Crippen molar-refractivity contribution in [3.63, 3.8) is 0 Å². The zero-order valence-corrected chi connectivity index (χ0v) is 9.73. The van der Waals surface area contributed by atoms with Gasteiger partial charge in [-0.25, -0.2) is 4.79 Å². The molecule has 0 aromatic rings. The SMILES string of the molecule is CCC(N)CC(=O)NC(CCOC)C(=O)O. The third-order valence-corrected chi connectivity index (χ3v) is 2.22. The van der Waals surface area contributed by atoms with Crippen LogP contribution in [0.25, 0.3) is 0 Å². The van der Waals surface area contributed by atoms with Crippen molar-refractivity contribution in [1.82, 2.24) is 5.32 Å². The molecule has 0 aliphatic rings. The summed E-state index contributed by atoms with van der Waals surface area (Å²) in [6, 6.07) is -1.13. The summed E-state index contributed by atoms with van der Waals surface area (Å²) >= 11 is 0. The van der Waals surface area contributed by atoms with E-state index in [0.29, 0.717) is 6.42 Å². The third kappa shape index (κ3) is 6.36. The molecule has 0 aromatic carbocycles. The zero-order chi connectivity index (χ0) is 12.6. The van der Waals surface area contributed by atoms with Gasteiger partial charge in [0, 0.05) is 32.6 Å². The highest BCUT2D eigenvalue weighted by Gasteiger charge is 2.20. The van der Waals surface area contributed by atoms with E-state index in [4.69, 9.17) is 15.6 Å². The maximum atomic E-state index is 11.4. The van der Waals surface area contributed by atoms with Crippen LogP contribution in [-0.4, -0.2) is 42.8 Å². The molecule has 0 saturated carbocycles. The lowest BCUT2D eigenvalue weighted by atomic mass is 10.1. The summed E-state index contributed by atoms with van der Waals surface area (Å²) in [5.74, 6) is -1.40. The van der Waals surface area contributed by atoms with Gasteiger partial charge in [-0.2, -0.15) is 0 Å². The summed E-state index contributed by atoms with van der Waals surface area (Å²) in [5.41, 5.74) is 5.59. The first-order chi connectivity index (χ1) is 7.51. The van der Waals surface area contributed by atoms with Gasteiger partial charge in [0.05, 0.1) is 0 Å². The van der Waals surface area contributed by atoms with Crippen LogP contribution in [0.2, 0.25) is 0 Å². The number of amides is 1. The first-order valence-corrected chi connectivity index (χ1v) is 5.27. The van der Waals surface area contributed by atoms with Crippen LogP contribution < -0.4 is 11.1 Å². The van der Waals surface area contributed by atoms with Gasteiger partial charge in [-0.05, 0) is 6.42 Å². The number of nitrogens with two attached hydrogens (primary N) is 1. The number of carbonyl (C=O) groups is 2. The van der Waals surface area contributed by atoms with Gasteiger partial charge < -0.3 is 20.9 Å². The smallest absolute Gasteiger partial charge is 0.326 e. The largest absolute Gasteiger partial charge is 0.480 e. The predicted molar refractivity (Wildman–Crippen MR) is 58.9 cm³/mol. The van der Waals surface area contributed by atoms with E-state index < -0.39 is 12.0 Å². The Kier molecular flexibility index (Phi) is 7.49. The fourth-order valence-electron chi connectivity index (χ4n) is 1.13. The van der Waals surface area contributed by atoms with Crippen molar-refractivity contribution in [2.45, 2.75) is 38.3 Å². The number of aliphatic carboxylic acids is 1. The lowest BCUT2D eigenvalue weighted by Gasteiger charge is -2.15. The second-order valence-electron chi connectivity index (χ2n) is 3.61. The summed E-state index contributed by atoms with van der Waals surface area (Å²) in [6.07, 6.45) is 1.08. The lowest BCUT2D eigenvalue weighted by molar-refractivity contribution is -0.142. The monoisotopic (exact) mass is 232 g/mol. The Balaban J connectivity index is 4.07. The minimum absolute atomic E-state index is 0.146. The van der Waals surface area contributed by atoms with Gasteiger partial charge in [0.2, 0.25) is 5.91 Å². The maximum Gasteiger partial charge on any atom is 0.326 e. The number of carbonyl (C=O) groups excluding carboxylic acids is 1. The minimum atomic E-state index is -1.06. The summed E-state index contributed by atoms with van der Waals surface area (Å²) in [4.78, 5) is 22.2. The molecule has 0 fully saturated rings. The van der Waals surface area contributed by atoms with E-state index in [1.165, 1.54) is 7.11 Å². The number of nitrogens with one attached hydrogen (secondary N) is 1. The van der Waals surface area contributed by atoms with Crippen molar-refractivity contribution in [2.24, 2.45) is 5.73 Å². The zero-order valence-electron chi connectivity index (χ0n) is 9.73. The molecular weight excluding hydrogens is 212 g/mol. The highest BCUT2D eigenvalue weighted by Crippen LogP contribution is 1.97. The van der Waals surface area contributed by atoms with Crippen LogP contribution in [0.15, 0.2) is 0 Å². The Bertz CT molecular complexity index is 233. The summed E-state index contributed by atoms with van der Waals surface area (Å²) in [6.45, 7) is 2.16. The second kappa shape index (κ2) is 8.06. The van der Waals surface area contributed by atoms with Crippen molar-refractivity contribution in [3.05, 3.63) is 0 Å². The van der Waals surface area contributed by atoms with Crippen LogP contribution in [0.1, 0.15) is 26.2 Å². The lowest BCUT2D eigenvalue weighted by Crippen LogP contribution is -2.43. The van der Waals surface area contributed by atoms with Gasteiger partial charge in [0.25, 0.3) is 0 Å². The molecular formula is C10H20N2O4. The predicted octanol–water partition coefficient (Wildman–Crippen LogP) is -0.280. The van der Waals surface area contributed by atoms with E-state index in [-0.39, 0.29) is 31.4 Å². The molecule has 0 aliphatic heterocycles. The van der Waals surface area contributed by atoms with Crippen molar-refractivity contribution in [3.8, 4) is 0 Å². The van der Waals surface area contributed by atoms with Gasteiger partial charge in [0.15, 0.2) is 0 Å². The number of hydrogen-bond acceptors (Lipinski definition) is 4. The first kappa shape index (κ1) is 14.9. The van der Waals surface area contributed by atoms with Crippen molar-refractivity contribution >= 4 is 11.9 Å². The molecule has 0 heterocycles. The molecule has 6 nitrogen and oxygen atoms in total. The van der Waals surface area contributed by atoms with Crippen LogP contribution in [0.4, 0.5) is 0 Å².